The summed E-state index contributed by atoms with van der Waals surface area (Å²) in [6.45, 7) is 6.28. The highest BCUT2D eigenvalue weighted by atomic mass is 16.6. The highest BCUT2D eigenvalue weighted by Gasteiger charge is 2.19. The number of unbranched alkanes of at least 4 members (excludes halogenated alkanes) is 13. The number of allylic oxidation sites excluding steroid dienone is 15. The van der Waals surface area contributed by atoms with Gasteiger partial charge in [0.05, 0.1) is 6.42 Å². The molecule has 0 aromatic rings. The first kappa shape index (κ1) is 53.3. The van der Waals surface area contributed by atoms with Crippen LogP contribution in [-0.2, 0) is 28.6 Å². The second kappa shape index (κ2) is 45.0. The molecule has 1 atom stereocenters. The molecule has 0 rings (SSSR count). The highest BCUT2D eigenvalue weighted by Crippen LogP contribution is 2.10. The average Bonchev–Trinajstić information content (AvgIpc) is 3.21. The molecular weight excluding hydrogens is 709 g/mol. The number of hydrogen-bond acceptors (Lipinski definition) is 6. The molecule has 0 heterocycles. The largest absolute Gasteiger partial charge is 0.462 e. The van der Waals surface area contributed by atoms with Crippen LogP contribution in [0.2, 0.25) is 0 Å². The third-order valence-corrected chi connectivity index (χ3v) is 9.09. The van der Waals surface area contributed by atoms with Crippen molar-refractivity contribution in [1.82, 2.24) is 0 Å². The van der Waals surface area contributed by atoms with Gasteiger partial charge < -0.3 is 14.2 Å². The Kier molecular flexibility index (Phi) is 42.1. The fourth-order valence-electron chi connectivity index (χ4n) is 5.69. The van der Waals surface area contributed by atoms with Crippen molar-refractivity contribution in [1.29, 1.82) is 0 Å². The average molecular weight is 791 g/mol. The summed E-state index contributed by atoms with van der Waals surface area (Å²) in [5.74, 6) is -1.21. The van der Waals surface area contributed by atoms with Crippen molar-refractivity contribution in [2.24, 2.45) is 0 Å². The van der Waals surface area contributed by atoms with E-state index in [1.807, 2.05) is 12.2 Å². The van der Waals surface area contributed by atoms with Gasteiger partial charge in [-0.05, 0) is 83.5 Å². The number of hydrogen-bond donors (Lipinski definition) is 0. The molecule has 57 heavy (non-hydrogen) atoms. The van der Waals surface area contributed by atoms with Crippen LogP contribution in [0.15, 0.2) is 97.2 Å². The molecule has 0 aromatic carbocycles. The fraction of sp³-hybridized carbons (Fsp3) is 0.627. The van der Waals surface area contributed by atoms with Crippen molar-refractivity contribution < 1.29 is 28.6 Å². The van der Waals surface area contributed by atoms with Crippen molar-refractivity contribution >= 4 is 17.9 Å². The predicted molar refractivity (Wildman–Crippen MR) is 242 cm³/mol. The Labute approximate surface area is 349 Å². The molecule has 0 aliphatic carbocycles. The van der Waals surface area contributed by atoms with Crippen molar-refractivity contribution in [3.8, 4) is 0 Å². The van der Waals surface area contributed by atoms with Crippen LogP contribution in [0, 0.1) is 0 Å². The van der Waals surface area contributed by atoms with Crippen molar-refractivity contribution in [3.05, 3.63) is 97.2 Å². The molecule has 0 aliphatic rings. The van der Waals surface area contributed by atoms with E-state index < -0.39 is 18.0 Å². The van der Waals surface area contributed by atoms with Gasteiger partial charge in [-0.2, -0.15) is 0 Å². The van der Waals surface area contributed by atoms with E-state index in [9.17, 15) is 14.4 Å². The molecule has 0 fully saturated rings. The molecule has 0 spiro atoms. The Bertz CT molecular complexity index is 1180. The third-order valence-electron chi connectivity index (χ3n) is 9.09. The summed E-state index contributed by atoms with van der Waals surface area (Å²) in [5, 5.41) is 0. The second-order valence-electron chi connectivity index (χ2n) is 14.6. The van der Waals surface area contributed by atoms with Gasteiger partial charge in [0.1, 0.15) is 13.2 Å². The number of esters is 3. The number of rotatable bonds is 39. The monoisotopic (exact) mass is 791 g/mol. The fourth-order valence-corrected chi connectivity index (χ4v) is 5.69. The summed E-state index contributed by atoms with van der Waals surface area (Å²) >= 11 is 0. The van der Waals surface area contributed by atoms with Crippen LogP contribution in [0.3, 0.4) is 0 Å². The SMILES string of the molecule is CC/C=C\C/C=C\C/C=C\CC(=O)OCC(COC(=O)CCC/C=C\C/C=C\C/C=C\CCCCCCCC)OC(=O)CC/C=C\C/C=C\CCCCCCCC. The van der Waals surface area contributed by atoms with Crippen molar-refractivity contribution in [3.63, 3.8) is 0 Å². The quantitative estimate of drug-likeness (QED) is 0.0267. The first-order valence-corrected chi connectivity index (χ1v) is 22.7. The number of carbonyl (C=O) groups is 3. The molecular formula is C51H82O6. The summed E-state index contributed by atoms with van der Waals surface area (Å²) in [7, 11) is 0. The van der Waals surface area contributed by atoms with Crippen LogP contribution in [0.1, 0.15) is 188 Å². The van der Waals surface area contributed by atoms with Crippen LogP contribution >= 0.6 is 0 Å². The highest BCUT2D eigenvalue weighted by molar-refractivity contribution is 5.72. The van der Waals surface area contributed by atoms with Gasteiger partial charge >= 0.3 is 17.9 Å². The molecule has 6 nitrogen and oxygen atoms in total. The van der Waals surface area contributed by atoms with Crippen molar-refractivity contribution in [2.75, 3.05) is 13.2 Å². The maximum Gasteiger partial charge on any atom is 0.309 e. The molecule has 0 aliphatic heterocycles. The molecule has 0 saturated carbocycles. The van der Waals surface area contributed by atoms with Gasteiger partial charge in [0, 0.05) is 12.8 Å². The van der Waals surface area contributed by atoms with Crippen LogP contribution in [0.5, 0.6) is 0 Å². The van der Waals surface area contributed by atoms with Gasteiger partial charge in [-0.25, -0.2) is 0 Å². The van der Waals surface area contributed by atoms with Crippen molar-refractivity contribution in [2.45, 2.75) is 194 Å². The lowest BCUT2D eigenvalue weighted by molar-refractivity contribution is -0.166. The molecule has 0 aromatic heterocycles. The standard InChI is InChI=1S/C51H82O6/c1-4-7-10-13-16-19-21-23-24-25-26-28-29-32-35-38-41-44-50(53)56-47-48(46-55-49(52)43-40-37-34-31-18-15-12-9-6-3)57-51(54)45-42-39-36-33-30-27-22-20-17-14-11-8-5-2/h9,12,18,23-24,26-28,30-32,35-37,39-40,48H,4-8,10-11,13-17,19-22,25,29,33-34,38,41-47H2,1-3H3/b12-9-,24-23-,28-26-,30-27-,31-18-,35-32-,39-36-,40-37-. The van der Waals surface area contributed by atoms with Gasteiger partial charge in [-0.15, -0.1) is 0 Å². The summed E-state index contributed by atoms with van der Waals surface area (Å²) < 4.78 is 16.5. The molecule has 1 unspecified atom stereocenters. The minimum atomic E-state index is -0.862. The van der Waals surface area contributed by atoms with Gasteiger partial charge in [0.25, 0.3) is 0 Å². The zero-order valence-corrected chi connectivity index (χ0v) is 36.6. The van der Waals surface area contributed by atoms with E-state index in [1.165, 1.54) is 83.5 Å². The maximum absolute atomic E-state index is 12.7. The minimum absolute atomic E-state index is 0.113. The molecule has 0 N–H and O–H groups in total. The Morgan fingerprint density at radius 1 is 0.386 bits per heavy atom. The van der Waals surface area contributed by atoms with Crippen LogP contribution in [-0.4, -0.2) is 37.2 Å². The molecule has 0 bridgehead atoms. The van der Waals surface area contributed by atoms with Crippen LogP contribution in [0.25, 0.3) is 0 Å². The number of ether oxygens (including phenoxy) is 3. The van der Waals surface area contributed by atoms with E-state index in [0.29, 0.717) is 12.8 Å². The van der Waals surface area contributed by atoms with Gasteiger partial charge in [0.15, 0.2) is 6.10 Å². The van der Waals surface area contributed by atoms with E-state index in [0.717, 1.165) is 51.4 Å². The Morgan fingerprint density at radius 3 is 1.30 bits per heavy atom. The summed E-state index contributed by atoms with van der Waals surface area (Å²) in [6.07, 6.45) is 58.8. The Balaban J connectivity index is 4.58. The topological polar surface area (TPSA) is 78.9 Å². The Morgan fingerprint density at radius 2 is 0.789 bits per heavy atom. The predicted octanol–water partition coefficient (Wildman–Crippen LogP) is 14.6. The van der Waals surface area contributed by atoms with E-state index >= 15 is 0 Å². The first-order valence-electron chi connectivity index (χ1n) is 22.7. The normalized spacial score (nSPS) is 13.0. The molecule has 6 heteroatoms. The Hall–Kier alpha value is -3.67. The lowest BCUT2D eigenvalue weighted by Crippen LogP contribution is -2.30. The molecule has 0 amide bonds. The van der Waals surface area contributed by atoms with Crippen LogP contribution < -0.4 is 0 Å². The number of carbonyl (C=O) groups excluding carboxylic acids is 3. The zero-order chi connectivity index (χ0) is 41.5. The first-order chi connectivity index (χ1) is 28.0. The maximum atomic E-state index is 12.7. The summed E-state index contributed by atoms with van der Waals surface area (Å²) in [4.78, 5) is 37.5. The minimum Gasteiger partial charge on any atom is -0.462 e. The third kappa shape index (κ3) is 43.3. The summed E-state index contributed by atoms with van der Waals surface area (Å²) in [6, 6.07) is 0. The molecule has 0 radical (unpaired) electrons. The summed E-state index contributed by atoms with van der Waals surface area (Å²) in [5.41, 5.74) is 0. The molecule has 0 saturated heterocycles. The molecule has 322 valence electrons. The van der Waals surface area contributed by atoms with Gasteiger partial charge in [-0.3, -0.25) is 14.4 Å². The van der Waals surface area contributed by atoms with E-state index in [1.54, 1.807) is 6.08 Å². The lowest BCUT2D eigenvalue weighted by atomic mass is 10.1. The van der Waals surface area contributed by atoms with E-state index in [-0.39, 0.29) is 38.4 Å². The lowest BCUT2D eigenvalue weighted by Gasteiger charge is -2.18. The van der Waals surface area contributed by atoms with Gasteiger partial charge in [-0.1, -0.05) is 182 Å². The van der Waals surface area contributed by atoms with Gasteiger partial charge in [0.2, 0.25) is 0 Å². The van der Waals surface area contributed by atoms with Crippen LogP contribution in [0.4, 0.5) is 0 Å². The zero-order valence-electron chi connectivity index (χ0n) is 36.6. The second-order valence-corrected chi connectivity index (χ2v) is 14.6. The smallest absolute Gasteiger partial charge is 0.309 e. The van der Waals surface area contributed by atoms with E-state index in [4.69, 9.17) is 14.2 Å². The van der Waals surface area contributed by atoms with E-state index in [2.05, 4.69) is 99.8 Å².